The number of hydrogen-bond acceptors (Lipinski definition) is 7. The van der Waals surface area contributed by atoms with Crippen molar-refractivity contribution in [3.05, 3.63) is 97.9 Å². The molecular formula is C24H19N3O8. The molecule has 0 aliphatic carbocycles. The number of nitrogens with one attached hydrogen (secondary N) is 1. The van der Waals surface area contributed by atoms with Gasteiger partial charge in [0.25, 0.3) is 17.5 Å². The van der Waals surface area contributed by atoms with E-state index in [-0.39, 0.29) is 57.9 Å². The molecule has 0 aromatic heterocycles. The van der Waals surface area contributed by atoms with Gasteiger partial charge >= 0.3 is 11.9 Å². The summed E-state index contributed by atoms with van der Waals surface area (Å²) in [5.41, 5.74) is -0.0451. The lowest BCUT2D eigenvalue weighted by atomic mass is 9.79. The van der Waals surface area contributed by atoms with E-state index in [4.69, 9.17) is 0 Å². The summed E-state index contributed by atoms with van der Waals surface area (Å²) in [5.74, 6) is -5.15. The summed E-state index contributed by atoms with van der Waals surface area (Å²) < 4.78 is 0. The van der Waals surface area contributed by atoms with Crippen LogP contribution in [0.2, 0.25) is 0 Å². The van der Waals surface area contributed by atoms with Crippen LogP contribution < -0.4 is 5.32 Å². The van der Waals surface area contributed by atoms with Crippen molar-refractivity contribution in [2.24, 2.45) is 0 Å². The van der Waals surface area contributed by atoms with Crippen molar-refractivity contribution >= 4 is 29.4 Å². The topological polar surface area (TPSA) is 167 Å². The third-order valence-electron chi connectivity index (χ3n) is 5.98. The fraction of sp³-hybridized carbons (Fsp3) is 0.167. The lowest BCUT2D eigenvalue weighted by Gasteiger charge is -2.30. The maximum atomic E-state index is 12.7. The predicted octanol–water partition coefficient (Wildman–Crippen LogP) is 2.67. The largest absolute Gasteiger partial charge is 0.478 e. The molecule has 0 spiro atoms. The molecule has 11 heteroatoms. The number of carboxylic acids is 2. The summed E-state index contributed by atoms with van der Waals surface area (Å²) in [6.07, 6.45) is -0.0945. The number of aliphatic carboxylic acids is 2. The van der Waals surface area contributed by atoms with Gasteiger partial charge in [0.05, 0.1) is 33.1 Å². The van der Waals surface area contributed by atoms with Crippen LogP contribution in [0.3, 0.4) is 0 Å². The van der Waals surface area contributed by atoms with Crippen LogP contribution in [-0.2, 0) is 9.59 Å². The average molecular weight is 477 g/mol. The highest BCUT2D eigenvalue weighted by Crippen LogP contribution is 2.40. The quantitative estimate of drug-likeness (QED) is 0.308. The fourth-order valence-electron chi connectivity index (χ4n) is 4.45. The van der Waals surface area contributed by atoms with Gasteiger partial charge in [-0.05, 0) is 24.6 Å². The Morgan fingerprint density at radius 1 is 1.00 bits per heavy atom. The molecule has 1 atom stereocenters. The first-order valence-electron chi connectivity index (χ1n) is 10.5. The summed E-state index contributed by atoms with van der Waals surface area (Å²) >= 11 is 0. The Labute approximate surface area is 198 Å². The number of nitrogens with zero attached hydrogens (tertiary/aromatic N) is 2. The number of hydrogen-bond donors (Lipinski definition) is 3. The minimum absolute atomic E-state index is 0.0945. The molecule has 178 valence electrons. The van der Waals surface area contributed by atoms with Crippen LogP contribution in [0.1, 0.15) is 45.5 Å². The van der Waals surface area contributed by atoms with Crippen molar-refractivity contribution in [1.29, 1.82) is 0 Å². The number of non-ortho nitro benzene ring substituents is 1. The maximum absolute atomic E-state index is 12.7. The highest BCUT2D eigenvalue weighted by molar-refractivity contribution is 6.21. The Hall–Kier alpha value is -4.80. The third kappa shape index (κ3) is 4.03. The van der Waals surface area contributed by atoms with Crippen LogP contribution in [0, 0.1) is 10.1 Å². The molecule has 0 fully saturated rings. The smallest absolute Gasteiger partial charge is 0.334 e. The van der Waals surface area contributed by atoms with E-state index in [9.17, 15) is 39.5 Å². The Kier molecular flexibility index (Phi) is 5.91. The van der Waals surface area contributed by atoms with Crippen molar-refractivity contribution in [3.63, 3.8) is 0 Å². The number of carbonyl (C=O) groups excluding carboxylic acids is 2. The van der Waals surface area contributed by atoms with E-state index in [2.05, 4.69) is 5.32 Å². The number of fused-ring (bicyclic) bond motifs is 1. The van der Waals surface area contributed by atoms with Gasteiger partial charge in [-0.3, -0.25) is 24.6 Å². The van der Waals surface area contributed by atoms with Gasteiger partial charge in [0.1, 0.15) is 0 Å². The minimum atomic E-state index is -1.43. The Balaban J connectivity index is 1.74. The zero-order chi connectivity index (χ0) is 25.4. The van der Waals surface area contributed by atoms with Crippen LogP contribution in [0.15, 0.2) is 71.1 Å². The Morgan fingerprint density at radius 3 is 2.14 bits per heavy atom. The molecule has 2 aliphatic heterocycles. The van der Waals surface area contributed by atoms with E-state index in [0.29, 0.717) is 0 Å². The Morgan fingerprint density at radius 2 is 1.60 bits per heavy atom. The molecule has 3 N–H and O–H groups in total. The van der Waals surface area contributed by atoms with E-state index in [1.165, 1.54) is 37.3 Å². The predicted molar refractivity (Wildman–Crippen MR) is 120 cm³/mol. The van der Waals surface area contributed by atoms with Gasteiger partial charge in [0.2, 0.25) is 0 Å². The molecule has 11 nitrogen and oxygen atoms in total. The number of benzene rings is 2. The van der Waals surface area contributed by atoms with Crippen LogP contribution in [-0.4, -0.2) is 50.3 Å². The number of dihydropyridines is 1. The van der Waals surface area contributed by atoms with Gasteiger partial charge in [-0.15, -0.1) is 0 Å². The molecule has 2 aromatic rings. The second-order valence-electron chi connectivity index (χ2n) is 8.01. The Bertz CT molecular complexity index is 1340. The van der Waals surface area contributed by atoms with Crippen molar-refractivity contribution in [1.82, 2.24) is 10.2 Å². The van der Waals surface area contributed by atoms with E-state index in [0.717, 1.165) is 11.0 Å². The molecule has 2 aliphatic rings. The summed E-state index contributed by atoms with van der Waals surface area (Å²) in [5, 5.41) is 34.0. The summed E-state index contributed by atoms with van der Waals surface area (Å²) in [4.78, 5) is 61.4. The molecule has 2 heterocycles. The summed E-state index contributed by atoms with van der Waals surface area (Å²) in [6, 6.07) is 11.4. The van der Waals surface area contributed by atoms with Gasteiger partial charge in [-0.25, -0.2) is 9.59 Å². The highest BCUT2D eigenvalue weighted by Gasteiger charge is 2.39. The zero-order valence-corrected chi connectivity index (χ0v) is 18.3. The lowest BCUT2D eigenvalue weighted by Crippen LogP contribution is -2.35. The maximum Gasteiger partial charge on any atom is 0.334 e. The molecule has 0 saturated carbocycles. The minimum Gasteiger partial charge on any atom is -0.478 e. The molecule has 1 unspecified atom stereocenters. The van der Waals surface area contributed by atoms with Crippen molar-refractivity contribution in [2.45, 2.75) is 19.3 Å². The van der Waals surface area contributed by atoms with Gasteiger partial charge in [-0.2, -0.15) is 0 Å². The molecular weight excluding hydrogens is 458 g/mol. The molecule has 0 radical (unpaired) electrons. The standard InChI is InChI=1S/C24H19N3O8/c1-12-18(23(30)31)19(13-5-4-6-14(11-13)27(34)35)20(24(32)33)17(25-12)9-10-26-21(28)15-7-2-3-8-16(15)22(26)29/h2-8,11,19,25H,9-10H2,1H3,(H,30,31)(H,32,33). The number of carboxylic acid groups (broad SMARTS) is 2. The number of nitro benzene ring substituents is 1. The van der Waals surface area contributed by atoms with Gasteiger partial charge in [-0.1, -0.05) is 24.3 Å². The van der Waals surface area contributed by atoms with E-state index < -0.39 is 34.6 Å². The van der Waals surface area contributed by atoms with Crippen molar-refractivity contribution in [3.8, 4) is 0 Å². The third-order valence-corrected chi connectivity index (χ3v) is 5.98. The van der Waals surface area contributed by atoms with Crippen molar-refractivity contribution < 1.29 is 34.3 Å². The molecule has 35 heavy (non-hydrogen) atoms. The number of imide groups is 1. The number of amides is 2. The molecule has 0 saturated heterocycles. The summed E-state index contributed by atoms with van der Waals surface area (Å²) in [6.45, 7) is 1.30. The second-order valence-corrected chi connectivity index (χ2v) is 8.01. The van der Waals surface area contributed by atoms with Gasteiger partial charge in [0.15, 0.2) is 0 Å². The zero-order valence-electron chi connectivity index (χ0n) is 18.3. The average Bonchev–Trinajstić information content (AvgIpc) is 3.06. The second kappa shape index (κ2) is 8.86. The van der Waals surface area contributed by atoms with E-state index in [1.54, 1.807) is 12.1 Å². The lowest BCUT2D eigenvalue weighted by molar-refractivity contribution is -0.384. The number of nitro groups is 1. The summed E-state index contributed by atoms with van der Waals surface area (Å²) in [7, 11) is 0. The highest BCUT2D eigenvalue weighted by atomic mass is 16.6. The van der Waals surface area contributed by atoms with Crippen LogP contribution in [0.25, 0.3) is 0 Å². The van der Waals surface area contributed by atoms with Gasteiger partial charge in [0, 0.05) is 36.5 Å². The van der Waals surface area contributed by atoms with E-state index >= 15 is 0 Å². The number of carbonyl (C=O) groups is 4. The first-order valence-corrected chi connectivity index (χ1v) is 10.5. The van der Waals surface area contributed by atoms with Crippen molar-refractivity contribution in [2.75, 3.05) is 6.54 Å². The van der Waals surface area contributed by atoms with Crippen LogP contribution in [0.4, 0.5) is 5.69 Å². The monoisotopic (exact) mass is 477 g/mol. The molecule has 0 bridgehead atoms. The number of allylic oxidation sites excluding steroid dienone is 1. The fourth-order valence-corrected chi connectivity index (χ4v) is 4.45. The first kappa shape index (κ1) is 23.4. The van der Waals surface area contributed by atoms with Gasteiger partial charge < -0.3 is 15.5 Å². The normalized spacial score (nSPS) is 17.4. The van der Waals surface area contributed by atoms with Crippen LogP contribution in [0.5, 0.6) is 0 Å². The molecule has 2 aromatic carbocycles. The molecule has 4 rings (SSSR count). The first-order chi connectivity index (χ1) is 16.6. The van der Waals surface area contributed by atoms with E-state index in [1.807, 2.05) is 0 Å². The SMILES string of the molecule is CC1=C(C(=O)O)C(c2cccc([N+](=O)[O-])c2)C(C(=O)O)=C(CCN2C(=O)c3ccccc3C2=O)N1. The molecule has 2 amide bonds. The number of rotatable bonds is 7. The van der Waals surface area contributed by atoms with Crippen LogP contribution >= 0.6 is 0 Å².